The molecule has 0 fully saturated rings. The first-order chi connectivity index (χ1) is 3.46. The van der Waals surface area contributed by atoms with Gasteiger partial charge >= 0.3 is 87.8 Å². The molecular formula is C2H8Ca2O6. The van der Waals surface area contributed by atoms with Gasteiger partial charge in [-0.3, -0.25) is 0 Å². The van der Waals surface area contributed by atoms with Crippen LogP contribution in [0.3, 0.4) is 0 Å². The van der Waals surface area contributed by atoms with Crippen LogP contribution in [0.1, 0.15) is 5.71 Å². The molecule has 10 heavy (non-hydrogen) atoms. The van der Waals surface area contributed by atoms with Gasteiger partial charge in [0.1, 0.15) is 0 Å². The van der Waals surface area contributed by atoms with Crippen LogP contribution in [0.25, 0.3) is 0 Å². The fourth-order valence-electron chi connectivity index (χ4n) is 0. The zero-order valence-electron chi connectivity index (χ0n) is 9.02. The van der Waals surface area contributed by atoms with Crippen LogP contribution < -0.4 is 0 Å². The molecule has 0 aliphatic rings. The number of carbonyl (C=O) groups is 2. The van der Waals surface area contributed by atoms with Crippen molar-refractivity contribution >= 4 is 87.8 Å². The Labute approximate surface area is 122 Å². The van der Waals surface area contributed by atoms with E-state index in [4.69, 9.17) is 30.0 Å². The maximum atomic E-state index is 8.56. The van der Waals surface area contributed by atoms with Gasteiger partial charge in [0.15, 0.2) is 0 Å². The molecule has 0 aromatic carbocycles. The number of hydrogen-bond donors (Lipinski definition) is 4. The molecule has 0 atom stereocenters. The zero-order chi connectivity index (χ0) is 7.15. The minimum Gasteiger partial charge on any atom is -1.00 e. The van der Waals surface area contributed by atoms with E-state index in [2.05, 4.69) is 0 Å². The molecule has 0 aromatic rings. The fraction of sp³-hybridized carbons (Fsp3) is 0. The average molecular weight is 208 g/mol. The van der Waals surface area contributed by atoms with Crippen molar-refractivity contribution in [3.63, 3.8) is 0 Å². The summed E-state index contributed by atoms with van der Waals surface area (Å²) >= 11 is 0. The SMILES string of the molecule is O=C(O)O.O=C(O)O.[Ca+2].[Ca+2].[H-].[H-].[H-].[H-]. The van der Waals surface area contributed by atoms with Crippen LogP contribution in [-0.2, 0) is 0 Å². The molecule has 0 saturated carbocycles. The summed E-state index contributed by atoms with van der Waals surface area (Å²) in [5.74, 6) is 0. The molecular weight excluding hydrogens is 200 g/mol. The van der Waals surface area contributed by atoms with Gasteiger partial charge in [-0.25, -0.2) is 9.59 Å². The third-order valence-corrected chi connectivity index (χ3v) is 0. The van der Waals surface area contributed by atoms with E-state index in [1.165, 1.54) is 0 Å². The van der Waals surface area contributed by atoms with Gasteiger partial charge in [0.05, 0.1) is 0 Å². The number of carboxylic acid groups (broad SMARTS) is 4. The maximum absolute atomic E-state index is 8.56. The standard InChI is InChI=1S/2CH2O3.2Ca.4H/c2*2-1(3)4;;;;;;/h2*(H2,2,3,4);;;;;;/q;;2*+2;4*-1. The van der Waals surface area contributed by atoms with E-state index in [1.807, 2.05) is 0 Å². The Morgan fingerprint density at radius 1 is 0.800 bits per heavy atom. The van der Waals surface area contributed by atoms with E-state index >= 15 is 0 Å². The zero-order valence-corrected chi connectivity index (χ0v) is 9.44. The molecule has 0 bridgehead atoms. The van der Waals surface area contributed by atoms with Gasteiger partial charge in [-0.2, -0.15) is 0 Å². The first kappa shape index (κ1) is 22.5. The minimum absolute atomic E-state index is 0. The molecule has 0 radical (unpaired) electrons. The van der Waals surface area contributed by atoms with Gasteiger partial charge in [-0.15, -0.1) is 0 Å². The largest absolute Gasteiger partial charge is 2.00 e. The molecule has 6 nitrogen and oxygen atoms in total. The van der Waals surface area contributed by atoms with Gasteiger partial charge in [-0.1, -0.05) is 0 Å². The monoisotopic (exact) mass is 208 g/mol. The Bertz CT molecular complexity index is 83.8. The average Bonchev–Trinajstić information content (AvgIpc) is 1.25. The van der Waals surface area contributed by atoms with Crippen molar-refractivity contribution in [3.05, 3.63) is 0 Å². The van der Waals surface area contributed by atoms with Gasteiger partial charge in [0.25, 0.3) is 0 Å². The molecule has 0 aliphatic carbocycles. The van der Waals surface area contributed by atoms with Crippen molar-refractivity contribution in [2.75, 3.05) is 0 Å². The summed E-state index contributed by atoms with van der Waals surface area (Å²) in [7, 11) is 0. The second-order valence-corrected chi connectivity index (χ2v) is 0.565. The molecule has 0 rings (SSSR count). The molecule has 0 aliphatic heterocycles. The summed E-state index contributed by atoms with van der Waals surface area (Å²) in [5.41, 5.74) is 0. The molecule has 0 amide bonds. The molecule has 0 aromatic heterocycles. The van der Waals surface area contributed by atoms with Crippen molar-refractivity contribution in [2.45, 2.75) is 0 Å². The van der Waals surface area contributed by atoms with E-state index in [0.717, 1.165) is 0 Å². The van der Waals surface area contributed by atoms with Crippen molar-refractivity contribution < 1.29 is 35.7 Å². The fourth-order valence-corrected chi connectivity index (χ4v) is 0. The second kappa shape index (κ2) is 16.6. The van der Waals surface area contributed by atoms with Gasteiger partial charge in [0.2, 0.25) is 0 Å². The second-order valence-electron chi connectivity index (χ2n) is 0.565. The Hall–Kier alpha value is 1.06. The van der Waals surface area contributed by atoms with Crippen LogP contribution in [0.15, 0.2) is 0 Å². The number of rotatable bonds is 0. The smallest absolute Gasteiger partial charge is 1.00 e. The van der Waals surface area contributed by atoms with Crippen molar-refractivity contribution in [2.24, 2.45) is 0 Å². The maximum Gasteiger partial charge on any atom is 2.00 e. The Morgan fingerprint density at radius 2 is 0.800 bits per heavy atom. The van der Waals surface area contributed by atoms with Crippen LogP contribution >= 0.6 is 0 Å². The van der Waals surface area contributed by atoms with Crippen LogP contribution in [0.5, 0.6) is 0 Å². The quantitative estimate of drug-likeness (QED) is 0.421. The normalized spacial score (nSPS) is 4.80. The predicted octanol–water partition coefficient (Wildman–Crippen LogP) is 0.133. The first-order valence-corrected chi connectivity index (χ1v) is 1.30. The minimum atomic E-state index is -1.83. The van der Waals surface area contributed by atoms with Crippen LogP contribution in [0.2, 0.25) is 0 Å². The molecule has 0 unspecified atom stereocenters. The summed E-state index contributed by atoms with van der Waals surface area (Å²) in [4.78, 5) is 17.1. The van der Waals surface area contributed by atoms with E-state index < -0.39 is 12.3 Å². The summed E-state index contributed by atoms with van der Waals surface area (Å²) < 4.78 is 0. The van der Waals surface area contributed by atoms with Crippen molar-refractivity contribution in [1.29, 1.82) is 0 Å². The topological polar surface area (TPSA) is 115 Å². The molecule has 56 valence electrons. The summed E-state index contributed by atoms with van der Waals surface area (Å²) in [6, 6.07) is 0. The Kier molecular flexibility index (Phi) is 37.2. The third-order valence-electron chi connectivity index (χ3n) is 0. The van der Waals surface area contributed by atoms with Crippen molar-refractivity contribution in [1.82, 2.24) is 0 Å². The number of hydrogen-bond acceptors (Lipinski definition) is 2. The Morgan fingerprint density at radius 3 is 0.800 bits per heavy atom. The van der Waals surface area contributed by atoms with Crippen molar-refractivity contribution in [3.8, 4) is 0 Å². The molecule has 0 heterocycles. The van der Waals surface area contributed by atoms with Gasteiger partial charge in [0, 0.05) is 0 Å². The molecule has 8 heteroatoms. The summed E-state index contributed by atoms with van der Waals surface area (Å²) in [6.45, 7) is 0. The Balaban J connectivity index is -0.00000000600. The third kappa shape index (κ3) is 524. The van der Waals surface area contributed by atoms with Crippen LogP contribution in [0, 0.1) is 0 Å². The predicted molar refractivity (Wildman–Crippen MR) is 37.3 cm³/mol. The van der Waals surface area contributed by atoms with Crippen LogP contribution in [-0.4, -0.2) is 108 Å². The summed E-state index contributed by atoms with van der Waals surface area (Å²) in [5, 5.41) is 27.9. The first-order valence-electron chi connectivity index (χ1n) is 1.30. The van der Waals surface area contributed by atoms with E-state index in [-0.39, 0.29) is 81.2 Å². The molecule has 4 N–H and O–H groups in total. The summed E-state index contributed by atoms with van der Waals surface area (Å²) in [6.07, 6.45) is -3.67. The van der Waals surface area contributed by atoms with Gasteiger partial charge < -0.3 is 26.1 Å². The van der Waals surface area contributed by atoms with E-state index in [1.54, 1.807) is 0 Å². The van der Waals surface area contributed by atoms with E-state index in [0.29, 0.717) is 0 Å². The van der Waals surface area contributed by atoms with Crippen LogP contribution in [0.4, 0.5) is 9.59 Å². The van der Waals surface area contributed by atoms with E-state index in [9.17, 15) is 0 Å². The van der Waals surface area contributed by atoms with Gasteiger partial charge in [-0.05, 0) is 0 Å². The molecule has 0 spiro atoms. The molecule has 0 saturated heterocycles.